The number of methoxy groups -OCH3 is 1. The normalized spacial score (nSPS) is 20.0. The van der Waals surface area contributed by atoms with Gasteiger partial charge in [-0.1, -0.05) is 18.2 Å². The van der Waals surface area contributed by atoms with Crippen LogP contribution in [0.1, 0.15) is 38.7 Å². The number of aromatic nitrogens is 1. The Balaban J connectivity index is 1.42. The molecule has 1 aliphatic carbocycles. The van der Waals surface area contributed by atoms with E-state index in [1.807, 2.05) is 30.3 Å². The van der Waals surface area contributed by atoms with Crippen LogP contribution in [0, 0.1) is 0 Å². The molecule has 13 heteroatoms. The molecule has 0 fully saturated rings. The van der Waals surface area contributed by atoms with Crippen LogP contribution >= 0.6 is 0 Å². The second-order valence-corrected chi connectivity index (χ2v) is 11.7. The summed E-state index contributed by atoms with van der Waals surface area (Å²) in [5.74, 6) is -1.52. The Morgan fingerprint density at radius 1 is 1.06 bits per heavy atom. The Morgan fingerprint density at radius 2 is 1.81 bits per heavy atom. The van der Waals surface area contributed by atoms with Gasteiger partial charge in [0.1, 0.15) is 12.2 Å². The minimum absolute atomic E-state index is 0.0127. The molecule has 4 atom stereocenters. The van der Waals surface area contributed by atoms with Gasteiger partial charge in [-0.15, -0.1) is 0 Å². The SMILES string of the molecule is COc1cc(CO)cc2c1OC1C2C(C(=O)NCCO)=CC(N(CCc2cc3ccccc3[nH]2)C(=O)c2ccc(C(F)(F)F)cc2)C1O. The highest BCUT2D eigenvalue weighted by atomic mass is 19.4. The smallest absolute Gasteiger partial charge is 0.416 e. The Kier molecular flexibility index (Phi) is 9.19. The van der Waals surface area contributed by atoms with Gasteiger partial charge in [0, 0.05) is 47.4 Å². The molecule has 1 aliphatic heterocycles. The second kappa shape index (κ2) is 13.3. The zero-order chi connectivity index (χ0) is 34.2. The Labute approximate surface area is 273 Å². The number of aromatic amines is 1. The largest absolute Gasteiger partial charge is 0.493 e. The molecule has 252 valence electrons. The minimum atomic E-state index is -4.60. The van der Waals surface area contributed by atoms with Crippen molar-refractivity contribution in [1.29, 1.82) is 0 Å². The first-order chi connectivity index (χ1) is 23.0. The van der Waals surface area contributed by atoms with Crippen LogP contribution in [0.15, 0.2) is 78.4 Å². The lowest BCUT2D eigenvalue weighted by Crippen LogP contribution is -2.56. The summed E-state index contributed by atoms with van der Waals surface area (Å²) >= 11 is 0. The number of carbonyl (C=O) groups excluding carboxylic acids is 2. The number of aliphatic hydroxyl groups is 3. The van der Waals surface area contributed by atoms with Gasteiger partial charge in [-0.25, -0.2) is 0 Å². The van der Waals surface area contributed by atoms with Gasteiger partial charge in [-0.2, -0.15) is 13.2 Å². The molecule has 5 N–H and O–H groups in total. The molecule has 48 heavy (non-hydrogen) atoms. The summed E-state index contributed by atoms with van der Waals surface area (Å²) in [5, 5.41) is 34.8. The van der Waals surface area contributed by atoms with E-state index in [1.165, 1.54) is 18.1 Å². The van der Waals surface area contributed by atoms with Gasteiger partial charge in [0.15, 0.2) is 11.5 Å². The first-order valence-electron chi connectivity index (χ1n) is 15.4. The number of carbonyl (C=O) groups is 2. The molecule has 3 aromatic carbocycles. The third-order valence-corrected chi connectivity index (χ3v) is 8.78. The molecule has 4 aromatic rings. The number of H-pyrrole nitrogens is 1. The number of hydrogen-bond acceptors (Lipinski definition) is 7. The molecule has 2 aliphatic rings. The summed E-state index contributed by atoms with van der Waals surface area (Å²) in [7, 11) is 1.42. The first kappa shape index (κ1) is 33.1. The van der Waals surface area contributed by atoms with Gasteiger partial charge in [0.05, 0.1) is 37.8 Å². The zero-order valence-corrected chi connectivity index (χ0v) is 25.8. The van der Waals surface area contributed by atoms with Crippen molar-refractivity contribution in [2.45, 2.75) is 43.4 Å². The van der Waals surface area contributed by atoms with Crippen molar-refractivity contribution in [1.82, 2.24) is 15.2 Å². The number of benzene rings is 3. The maximum atomic E-state index is 14.2. The highest BCUT2D eigenvalue weighted by Crippen LogP contribution is 2.51. The van der Waals surface area contributed by atoms with E-state index in [0.29, 0.717) is 11.1 Å². The van der Waals surface area contributed by atoms with E-state index < -0.39 is 47.7 Å². The summed E-state index contributed by atoms with van der Waals surface area (Å²) in [4.78, 5) is 32.4. The number of nitrogens with one attached hydrogen (secondary N) is 2. The molecular weight excluding hydrogens is 631 g/mol. The lowest BCUT2D eigenvalue weighted by molar-refractivity contribution is -0.137. The quantitative estimate of drug-likeness (QED) is 0.174. The van der Waals surface area contributed by atoms with E-state index in [9.17, 15) is 38.1 Å². The summed E-state index contributed by atoms with van der Waals surface area (Å²) in [6, 6.07) is 15.4. The van der Waals surface area contributed by atoms with Crippen LogP contribution in [0.5, 0.6) is 11.5 Å². The van der Waals surface area contributed by atoms with Crippen molar-refractivity contribution in [3.8, 4) is 11.5 Å². The van der Waals surface area contributed by atoms with Gasteiger partial charge >= 0.3 is 6.18 Å². The summed E-state index contributed by atoms with van der Waals surface area (Å²) in [5.41, 5.74) is 1.82. The topological polar surface area (TPSA) is 144 Å². The molecule has 0 saturated heterocycles. The van der Waals surface area contributed by atoms with E-state index in [4.69, 9.17) is 9.47 Å². The number of hydrogen-bond donors (Lipinski definition) is 5. The Hall–Kier alpha value is -4.85. The molecule has 0 bridgehead atoms. The van der Waals surface area contributed by atoms with Crippen molar-refractivity contribution in [3.05, 3.63) is 106 Å². The third kappa shape index (κ3) is 6.23. The first-order valence-corrected chi connectivity index (χ1v) is 15.4. The van der Waals surface area contributed by atoms with Crippen molar-refractivity contribution in [2.24, 2.45) is 0 Å². The molecule has 1 aromatic heterocycles. The van der Waals surface area contributed by atoms with Gasteiger partial charge in [0.25, 0.3) is 5.91 Å². The number of fused-ring (bicyclic) bond motifs is 4. The molecular formula is C35H34F3N3O7. The van der Waals surface area contributed by atoms with Crippen LogP contribution in [-0.4, -0.2) is 82.1 Å². The summed E-state index contributed by atoms with van der Waals surface area (Å²) in [6.45, 7) is -0.718. The molecule has 10 nitrogen and oxygen atoms in total. The van der Waals surface area contributed by atoms with E-state index in [0.717, 1.165) is 40.9 Å². The van der Waals surface area contributed by atoms with Crippen LogP contribution < -0.4 is 14.8 Å². The third-order valence-electron chi connectivity index (χ3n) is 8.78. The van der Waals surface area contributed by atoms with Crippen molar-refractivity contribution in [3.63, 3.8) is 0 Å². The Morgan fingerprint density at radius 3 is 2.48 bits per heavy atom. The lowest BCUT2D eigenvalue weighted by Gasteiger charge is -2.40. The number of halogens is 3. The van der Waals surface area contributed by atoms with Gasteiger partial charge in [-0.3, -0.25) is 9.59 Å². The standard InChI is InChI=1S/C35H34F3N3O7/c1-47-28-15-19(18-43)14-24-29-25(33(45)39-11-13-42)17-27(30(44)32(29)48-31(24)28)41(12-10-23-16-21-4-2-3-5-26(21)40-23)34(46)20-6-8-22(9-7-20)35(36,37)38/h2-9,14-17,27,29-30,32,40,42-44H,10-13,18H2,1H3,(H,39,45). The number of para-hydroxylation sites is 1. The molecule has 6 rings (SSSR count). The van der Waals surface area contributed by atoms with Gasteiger partial charge < -0.3 is 40.0 Å². The number of ether oxygens (including phenoxy) is 2. The molecule has 2 amide bonds. The van der Waals surface area contributed by atoms with Crippen molar-refractivity contribution < 1.29 is 47.6 Å². The van der Waals surface area contributed by atoms with E-state index >= 15 is 0 Å². The zero-order valence-electron chi connectivity index (χ0n) is 25.8. The van der Waals surface area contributed by atoms with E-state index in [2.05, 4.69) is 10.3 Å². The monoisotopic (exact) mass is 665 g/mol. The average Bonchev–Trinajstić information content (AvgIpc) is 3.69. The van der Waals surface area contributed by atoms with Crippen molar-refractivity contribution >= 4 is 22.7 Å². The second-order valence-electron chi connectivity index (χ2n) is 11.7. The molecule has 2 heterocycles. The maximum absolute atomic E-state index is 14.2. The molecule has 0 saturated carbocycles. The number of amides is 2. The summed E-state index contributed by atoms with van der Waals surface area (Å²) < 4.78 is 51.8. The predicted octanol–water partition coefficient (Wildman–Crippen LogP) is 3.70. The highest BCUT2D eigenvalue weighted by molar-refractivity contribution is 5.97. The van der Waals surface area contributed by atoms with Gasteiger partial charge in [0.2, 0.25) is 5.91 Å². The molecule has 4 unspecified atom stereocenters. The van der Waals surface area contributed by atoms with E-state index in [1.54, 1.807) is 12.1 Å². The number of aliphatic hydroxyl groups excluding tert-OH is 3. The van der Waals surface area contributed by atoms with Crippen LogP contribution in [0.25, 0.3) is 10.9 Å². The lowest BCUT2D eigenvalue weighted by atomic mass is 9.77. The highest BCUT2D eigenvalue weighted by Gasteiger charge is 2.51. The van der Waals surface area contributed by atoms with E-state index in [-0.39, 0.29) is 55.4 Å². The Bertz CT molecular complexity index is 1820. The predicted molar refractivity (Wildman–Crippen MR) is 169 cm³/mol. The average molecular weight is 666 g/mol. The number of rotatable bonds is 10. The molecule has 0 radical (unpaired) electrons. The molecule has 0 spiro atoms. The number of alkyl halides is 3. The minimum Gasteiger partial charge on any atom is -0.493 e. The number of nitrogens with zero attached hydrogens (tertiary/aromatic N) is 1. The fraction of sp³-hybridized carbons (Fsp3) is 0.314. The fourth-order valence-electron chi connectivity index (χ4n) is 6.48. The van der Waals surface area contributed by atoms with Crippen molar-refractivity contribution in [2.75, 3.05) is 26.8 Å². The van der Waals surface area contributed by atoms with Crippen LogP contribution in [-0.2, 0) is 24.0 Å². The fourth-order valence-corrected chi connectivity index (χ4v) is 6.48. The summed E-state index contributed by atoms with van der Waals surface area (Å²) in [6.07, 6.45) is -5.32. The van der Waals surface area contributed by atoms with Gasteiger partial charge in [-0.05, 0) is 65.6 Å². The maximum Gasteiger partial charge on any atom is 0.416 e. The van der Waals surface area contributed by atoms with Crippen LogP contribution in [0.3, 0.4) is 0 Å². The van der Waals surface area contributed by atoms with Crippen LogP contribution in [0.2, 0.25) is 0 Å². The van der Waals surface area contributed by atoms with Crippen LogP contribution in [0.4, 0.5) is 13.2 Å².